The minimum atomic E-state index is 0.110. The van der Waals surface area contributed by atoms with Gasteiger partial charge >= 0.3 is 0 Å². The van der Waals surface area contributed by atoms with Crippen molar-refractivity contribution >= 4 is 28.7 Å². The van der Waals surface area contributed by atoms with Crippen LogP contribution < -0.4 is 11.1 Å². The van der Waals surface area contributed by atoms with Crippen LogP contribution in [-0.2, 0) is 11.2 Å². The molecule has 0 amide bonds. The topological polar surface area (TPSA) is 85.4 Å². The summed E-state index contributed by atoms with van der Waals surface area (Å²) >= 11 is 1.65. The number of anilines is 2. The number of nitrogens with one attached hydrogen (secondary N) is 1. The van der Waals surface area contributed by atoms with Crippen molar-refractivity contribution in [3.05, 3.63) is 71.7 Å². The number of hydrogen-bond donors (Lipinski definition) is 2. The van der Waals surface area contributed by atoms with Gasteiger partial charge in [-0.1, -0.05) is 48.2 Å². The van der Waals surface area contributed by atoms with Crippen LogP contribution in [0.5, 0.6) is 0 Å². The first-order chi connectivity index (χ1) is 13.1. The van der Waals surface area contributed by atoms with Crippen LogP contribution in [0.2, 0.25) is 0 Å². The third-order valence-electron chi connectivity index (χ3n) is 4.39. The Kier molecular flexibility index (Phi) is 4.85. The van der Waals surface area contributed by atoms with Crippen LogP contribution in [-0.4, -0.2) is 33.5 Å². The summed E-state index contributed by atoms with van der Waals surface area (Å²) < 4.78 is 5.30. The van der Waals surface area contributed by atoms with E-state index in [4.69, 9.17) is 15.5 Å². The molecule has 2 unspecified atom stereocenters. The number of allylic oxidation sites excluding steroid dienone is 6. The van der Waals surface area contributed by atoms with Gasteiger partial charge in [-0.25, -0.2) is 4.98 Å². The Labute approximate surface area is 162 Å². The zero-order valence-electron chi connectivity index (χ0n) is 15.1. The maximum Gasteiger partial charge on any atom is 0.222 e. The lowest BCUT2D eigenvalue weighted by molar-refractivity contribution is 0.303. The fourth-order valence-corrected chi connectivity index (χ4v) is 4.26. The van der Waals surface area contributed by atoms with Gasteiger partial charge in [0.2, 0.25) is 5.95 Å². The van der Waals surface area contributed by atoms with E-state index in [0.29, 0.717) is 12.2 Å². The predicted molar refractivity (Wildman–Crippen MR) is 112 cm³/mol. The average Bonchev–Trinajstić information content (AvgIpc) is 3.02. The summed E-state index contributed by atoms with van der Waals surface area (Å²) in [6.45, 7) is 4.02. The van der Waals surface area contributed by atoms with E-state index in [2.05, 4.69) is 52.2 Å². The highest BCUT2D eigenvalue weighted by atomic mass is 32.2. The third-order valence-corrected chi connectivity index (χ3v) is 5.51. The number of aromatic nitrogens is 2. The highest BCUT2D eigenvalue weighted by Gasteiger charge is 2.30. The summed E-state index contributed by atoms with van der Waals surface area (Å²) in [7, 11) is 1.67. The molecule has 1 aromatic heterocycles. The normalized spacial score (nSPS) is 23.4. The molecule has 2 heterocycles. The highest BCUT2D eigenvalue weighted by Crippen LogP contribution is 2.33. The van der Waals surface area contributed by atoms with Crippen molar-refractivity contribution in [1.29, 1.82) is 0 Å². The quantitative estimate of drug-likeness (QED) is 0.834. The van der Waals surface area contributed by atoms with Gasteiger partial charge < -0.3 is 15.8 Å². The molecule has 2 aliphatic carbocycles. The van der Waals surface area contributed by atoms with Crippen molar-refractivity contribution in [2.24, 2.45) is 4.99 Å². The highest BCUT2D eigenvalue weighted by molar-refractivity contribution is 8.15. The molecule has 1 aliphatic heterocycles. The fourth-order valence-electron chi connectivity index (χ4n) is 3.16. The Balaban J connectivity index is 1.48. The van der Waals surface area contributed by atoms with Gasteiger partial charge in [0, 0.05) is 12.5 Å². The molecule has 0 fully saturated rings. The second kappa shape index (κ2) is 7.44. The lowest BCUT2D eigenvalue weighted by Gasteiger charge is -2.15. The summed E-state index contributed by atoms with van der Waals surface area (Å²) in [6.07, 6.45) is 14.0. The average molecular weight is 379 g/mol. The molecule has 0 bridgehead atoms. The van der Waals surface area contributed by atoms with Crippen molar-refractivity contribution in [3.8, 4) is 0 Å². The summed E-state index contributed by atoms with van der Waals surface area (Å²) in [5, 5.41) is 4.33. The van der Waals surface area contributed by atoms with Crippen LogP contribution >= 0.6 is 11.8 Å². The van der Waals surface area contributed by atoms with Gasteiger partial charge in [-0.3, -0.25) is 4.99 Å². The second-order valence-corrected chi connectivity index (χ2v) is 7.69. The fraction of sp³-hybridized carbons (Fsp3) is 0.250. The van der Waals surface area contributed by atoms with E-state index in [0.717, 1.165) is 34.2 Å². The zero-order chi connectivity index (χ0) is 18.8. The number of nitrogen functional groups attached to an aromatic ring is 1. The van der Waals surface area contributed by atoms with Crippen molar-refractivity contribution in [2.45, 2.75) is 24.1 Å². The summed E-state index contributed by atoms with van der Waals surface area (Å²) in [4.78, 5) is 13.4. The molecule has 0 radical (unpaired) electrons. The number of nitrogens with two attached hydrogens (primary N) is 1. The van der Waals surface area contributed by atoms with Crippen LogP contribution in [0.3, 0.4) is 0 Å². The number of thioether (sulfide) groups is 1. The van der Waals surface area contributed by atoms with E-state index >= 15 is 0 Å². The molecular weight excluding hydrogens is 358 g/mol. The maximum atomic E-state index is 5.92. The minimum Gasteiger partial charge on any atom is -0.497 e. The van der Waals surface area contributed by atoms with E-state index in [1.165, 1.54) is 0 Å². The Hall–Kier alpha value is -2.80. The van der Waals surface area contributed by atoms with Crippen molar-refractivity contribution in [3.63, 3.8) is 0 Å². The number of ether oxygens (including phenoxy) is 1. The van der Waals surface area contributed by atoms with Gasteiger partial charge in [0.1, 0.15) is 11.6 Å². The summed E-state index contributed by atoms with van der Waals surface area (Å²) in [6, 6.07) is 2.03. The number of methoxy groups -OCH3 is 1. The molecule has 4 rings (SSSR count). The van der Waals surface area contributed by atoms with E-state index in [1.807, 2.05) is 12.1 Å². The first kappa shape index (κ1) is 17.6. The van der Waals surface area contributed by atoms with E-state index in [9.17, 15) is 0 Å². The number of amidine groups is 1. The monoisotopic (exact) mass is 379 g/mol. The van der Waals surface area contributed by atoms with Crippen LogP contribution in [0.4, 0.5) is 11.8 Å². The molecule has 0 saturated carbocycles. The van der Waals surface area contributed by atoms with E-state index < -0.39 is 0 Å². The third kappa shape index (κ3) is 4.14. The van der Waals surface area contributed by atoms with Crippen LogP contribution in [0.1, 0.15) is 12.1 Å². The minimum absolute atomic E-state index is 0.110. The smallest absolute Gasteiger partial charge is 0.222 e. The zero-order valence-corrected chi connectivity index (χ0v) is 15.9. The van der Waals surface area contributed by atoms with Crippen LogP contribution in [0, 0.1) is 0 Å². The van der Waals surface area contributed by atoms with Gasteiger partial charge in [-0.05, 0) is 24.1 Å². The molecular formula is C20H21N5OS. The number of nitrogens with zero attached hydrogens (tertiary/aromatic N) is 3. The standard InChI is InChI=1S/C20H21N5OS/c1-12-4-3-5-13(8-12)9-14-10-18(24-19(21)22-14)25-20-23-16-7-6-15(26-2)11-17(16)27-20/h3,5-8,10-11,16-17H,1,4,9H2,2H3,(H3,21,22,23,24,25). The lowest BCUT2D eigenvalue weighted by Crippen LogP contribution is -2.16. The van der Waals surface area contributed by atoms with E-state index in [1.54, 1.807) is 18.9 Å². The van der Waals surface area contributed by atoms with Gasteiger partial charge in [-0.2, -0.15) is 4.98 Å². The number of fused-ring (bicyclic) bond motifs is 1. The Morgan fingerprint density at radius 2 is 2.26 bits per heavy atom. The van der Waals surface area contributed by atoms with Gasteiger partial charge in [0.05, 0.1) is 24.1 Å². The number of aliphatic imine (C=N–C) groups is 1. The van der Waals surface area contributed by atoms with Crippen molar-refractivity contribution in [1.82, 2.24) is 9.97 Å². The number of rotatable bonds is 4. The van der Waals surface area contributed by atoms with Crippen LogP contribution in [0.15, 0.2) is 71.0 Å². The molecule has 27 heavy (non-hydrogen) atoms. The molecule has 3 N–H and O–H groups in total. The lowest BCUT2D eigenvalue weighted by atomic mass is 10.00. The largest absolute Gasteiger partial charge is 0.497 e. The first-order valence-electron chi connectivity index (χ1n) is 8.73. The first-order valence-corrected chi connectivity index (χ1v) is 9.61. The maximum absolute atomic E-state index is 5.92. The SMILES string of the molecule is C=C1C=C(Cc2cc(NC3=NC4C=CC(OC)=CC4S3)nc(N)n2)C=CC1. The Bertz CT molecular complexity index is 928. The van der Waals surface area contributed by atoms with Gasteiger partial charge in [-0.15, -0.1) is 0 Å². The second-order valence-electron chi connectivity index (χ2n) is 6.53. The summed E-state index contributed by atoms with van der Waals surface area (Å²) in [5.74, 6) is 1.77. The Morgan fingerprint density at radius 3 is 3.07 bits per heavy atom. The molecule has 0 aromatic carbocycles. The Morgan fingerprint density at radius 1 is 1.37 bits per heavy atom. The molecule has 2 atom stereocenters. The van der Waals surface area contributed by atoms with Gasteiger partial charge in [0.15, 0.2) is 5.17 Å². The van der Waals surface area contributed by atoms with E-state index in [-0.39, 0.29) is 17.2 Å². The van der Waals surface area contributed by atoms with Crippen molar-refractivity contribution < 1.29 is 4.74 Å². The van der Waals surface area contributed by atoms with Crippen LogP contribution in [0.25, 0.3) is 0 Å². The molecule has 0 spiro atoms. The molecule has 3 aliphatic rings. The molecule has 7 heteroatoms. The molecule has 1 aromatic rings. The molecule has 0 saturated heterocycles. The summed E-state index contributed by atoms with van der Waals surface area (Å²) in [5.41, 5.74) is 9.04. The molecule has 6 nitrogen and oxygen atoms in total. The number of hydrogen-bond acceptors (Lipinski definition) is 7. The molecule has 138 valence electrons. The van der Waals surface area contributed by atoms with Gasteiger partial charge in [0.25, 0.3) is 0 Å². The predicted octanol–water partition coefficient (Wildman–Crippen LogP) is 3.40. The van der Waals surface area contributed by atoms with Crippen molar-refractivity contribution in [2.75, 3.05) is 18.2 Å².